The van der Waals surface area contributed by atoms with Gasteiger partial charge in [-0.3, -0.25) is 14.6 Å². The summed E-state index contributed by atoms with van der Waals surface area (Å²) in [6, 6.07) is 5.25. The third-order valence-corrected chi connectivity index (χ3v) is 6.15. The van der Waals surface area contributed by atoms with Crippen LogP contribution in [0.2, 0.25) is 0 Å². The molecular weight excluding hydrogens is 366 g/mol. The van der Waals surface area contributed by atoms with Crippen molar-refractivity contribution in [3.05, 3.63) is 58.9 Å². The van der Waals surface area contributed by atoms with E-state index in [-0.39, 0.29) is 18.5 Å². The lowest BCUT2D eigenvalue weighted by Gasteiger charge is -2.41. The van der Waals surface area contributed by atoms with Crippen molar-refractivity contribution in [3.63, 3.8) is 0 Å². The molecule has 7 nitrogen and oxygen atoms in total. The van der Waals surface area contributed by atoms with Crippen molar-refractivity contribution in [1.82, 2.24) is 19.6 Å². The van der Waals surface area contributed by atoms with Crippen molar-refractivity contribution in [2.24, 2.45) is 4.99 Å². The molecule has 0 saturated carbocycles. The van der Waals surface area contributed by atoms with E-state index in [0.717, 1.165) is 34.0 Å². The van der Waals surface area contributed by atoms with Gasteiger partial charge in [-0.2, -0.15) is 0 Å². The molecule has 3 aliphatic heterocycles. The molecule has 2 atom stereocenters. The number of aliphatic imine (C=N–C) groups is 1. The van der Waals surface area contributed by atoms with Crippen LogP contribution in [0.15, 0.2) is 47.2 Å². The highest BCUT2D eigenvalue weighted by atomic mass is 16.2. The van der Waals surface area contributed by atoms with E-state index in [1.54, 1.807) is 11.9 Å². The number of carbonyl (C=O) groups excluding carboxylic acids is 2. The maximum Gasteiger partial charge on any atom is 0.328 e. The molecule has 3 aliphatic rings. The minimum absolute atomic E-state index is 0.203. The molecular formula is C22H27N5O2. The van der Waals surface area contributed by atoms with Crippen molar-refractivity contribution < 1.29 is 9.59 Å². The van der Waals surface area contributed by atoms with E-state index >= 15 is 0 Å². The Bertz CT molecular complexity index is 979. The van der Waals surface area contributed by atoms with Crippen molar-refractivity contribution in [1.29, 1.82) is 0 Å². The van der Waals surface area contributed by atoms with Gasteiger partial charge in [0.1, 0.15) is 0 Å². The van der Waals surface area contributed by atoms with Gasteiger partial charge in [-0.1, -0.05) is 29.8 Å². The van der Waals surface area contributed by atoms with Crippen LogP contribution in [0.4, 0.5) is 4.79 Å². The average Bonchev–Trinajstić information content (AvgIpc) is 3.18. The van der Waals surface area contributed by atoms with E-state index in [9.17, 15) is 9.59 Å². The number of carbonyl (C=O) groups is 2. The van der Waals surface area contributed by atoms with Crippen LogP contribution >= 0.6 is 0 Å². The SMILES string of the molecule is C=CCN1C2=NC3C(C(=O)N(Cc4cc(C)ccc4C)C(=O)N3C)N2C(C)=C1C. The number of rotatable bonds is 4. The Kier molecular flexibility index (Phi) is 4.48. The minimum atomic E-state index is -0.539. The molecule has 1 fully saturated rings. The quantitative estimate of drug-likeness (QED) is 0.738. The number of likely N-dealkylation sites (N-methyl/N-ethyl adjacent to an activating group) is 1. The van der Waals surface area contributed by atoms with Crippen molar-refractivity contribution in [3.8, 4) is 0 Å². The third-order valence-electron chi connectivity index (χ3n) is 6.15. The number of guanidine groups is 1. The molecule has 0 bridgehead atoms. The van der Waals surface area contributed by atoms with Crippen LogP contribution in [-0.4, -0.2) is 63.3 Å². The number of nitrogens with zero attached hydrogens (tertiary/aromatic N) is 5. The summed E-state index contributed by atoms with van der Waals surface area (Å²) >= 11 is 0. The Labute approximate surface area is 171 Å². The largest absolute Gasteiger partial charge is 0.328 e. The standard InChI is InChI=1S/C22H27N5O2/c1-7-10-25-15(4)16(5)27-18-19(23-21(25)27)24(6)22(29)26(20(18)28)12-17-11-13(2)8-9-14(17)3/h7-9,11,18-19H,1,10,12H2,2-6H3. The predicted octanol–water partition coefficient (Wildman–Crippen LogP) is 2.82. The van der Waals surface area contributed by atoms with Crippen LogP contribution in [-0.2, 0) is 11.3 Å². The van der Waals surface area contributed by atoms with Crippen LogP contribution in [0, 0.1) is 13.8 Å². The summed E-state index contributed by atoms with van der Waals surface area (Å²) in [6.07, 6.45) is 1.30. The number of allylic oxidation sites excluding steroid dienone is 2. The molecule has 3 amide bonds. The summed E-state index contributed by atoms with van der Waals surface area (Å²) in [6.45, 7) is 12.7. The summed E-state index contributed by atoms with van der Waals surface area (Å²) in [5, 5.41) is 0. The molecule has 3 heterocycles. The number of hydrogen-bond acceptors (Lipinski definition) is 5. The Morgan fingerprint density at radius 3 is 2.52 bits per heavy atom. The topological polar surface area (TPSA) is 59.5 Å². The van der Waals surface area contributed by atoms with E-state index in [1.807, 2.05) is 61.8 Å². The molecule has 152 valence electrons. The third kappa shape index (κ3) is 2.75. The van der Waals surface area contributed by atoms with Crippen molar-refractivity contribution in [2.45, 2.75) is 46.4 Å². The van der Waals surface area contributed by atoms with Crippen LogP contribution in [0.1, 0.15) is 30.5 Å². The maximum atomic E-state index is 13.5. The molecule has 29 heavy (non-hydrogen) atoms. The van der Waals surface area contributed by atoms with Gasteiger partial charge in [0.05, 0.1) is 6.54 Å². The van der Waals surface area contributed by atoms with Gasteiger partial charge in [-0.25, -0.2) is 9.79 Å². The van der Waals surface area contributed by atoms with Gasteiger partial charge in [0.25, 0.3) is 5.91 Å². The van der Waals surface area contributed by atoms with E-state index in [4.69, 9.17) is 4.99 Å². The fourth-order valence-electron chi connectivity index (χ4n) is 4.31. The number of amides is 3. The molecule has 0 spiro atoms. The van der Waals surface area contributed by atoms with E-state index < -0.39 is 12.2 Å². The molecule has 1 aromatic carbocycles. The number of urea groups is 1. The first-order valence-electron chi connectivity index (χ1n) is 9.83. The predicted molar refractivity (Wildman–Crippen MR) is 112 cm³/mol. The zero-order chi connectivity index (χ0) is 21.0. The summed E-state index contributed by atoms with van der Waals surface area (Å²) in [5.41, 5.74) is 5.19. The van der Waals surface area contributed by atoms with Crippen LogP contribution < -0.4 is 0 Å². The Balaban J connectivity index is 1.70. The number of aryl methyl sites for hydroxylation is 2. The number of fused-ring (bicyclic) bond motifs is 3. The summed E-state index contributed by atoms with van der Waals surface area (Å²) in [5.74, 6) is 0.516. The van der Waals surface area contributed by atoms with Gasteiger partial charge in [-0.05, 0) is 38.8 Å². The van der Waals surface area contributed by atoms with Gasteiger partial charge >= 0.3 is 6.03 Å². The molecule has 7 heteroatoms. The zero-order valence-corrected chi connectivity index (χ0v) is 17.6. The molecule has 1 aromatic rings. The second kappa shape index (κ2) is 6.76. The molecule has 0 aliphatic carbocycles. The number of hydrogen-bond donors (Lipinski definition) is 0. The average molecular weight is 393 g/mol. The van der Waals surface area contributed by atoms with Crippen LogP contribution in [0.25, 0.3) is 0 Å². The zero-order valence-electron chi connectivity index (χ0n) is 17.6. The summed E-state index contributed by atoms with van der Waals surface area (Å²) in [7, 11) is 1.72. The Hall–Kier alpha value is -3.09. The Morgan fingerprint density at radius 1 is 1.10 bits per heavy atom. The van der Waals surface area contributed by atoms with E-state index in [2.05, 4.69) is 6.58 Å². The lowest BCUT2D eigenvalue weighted by atomic mass is 10.0. The van der Waals surface area contributed by atoms with Crippen molar-refractivity contribution >= 4 is 17.9 Å². The van der Waals surface area contributed by atoms with Gasteiger partial charge in [0.2, 0.25) is 5.96 Å². The first-order valence-corrected chi connectivity index (χ1v) is 9.83. The lowest BCUT2D eigenvalue weighted by Crippen LogP contribution is -2.64. The highest BCUT2D eigenvalue weighted by Crippen LogP contribution is 2.38. The van der Waals surface area contributed by atoms with Gasteiger partial charge in [0, 0.05) is 25.0 Å². The normalized spacial score (nSPS) is 23.7. The monoisotopic (exact) mass is 393 g/mol. The molecule has 2 unspecified atom stereocenters. The lowest BCUT2D eigenvalue weighted by molar-refractivity contribution is -0.137. The highest BCUT2D eigenvalue weighted by molar-refractivity contribution is 6.05. The van der Waals surface area contributed by atoms with Crippen molar-refractivity contribution in [2.75, 3.05) is 13.6 Å². The van der Waals surface area contributed by atoms with E-state index in [1.165, 1.54) is 4.90 Å². The van der Waals surface area contributed by atoms with Crippen LogP contribution in [0.5, 0.6) is 0 Å². The number of benzene rings is 1. The molecule has 0 N–H and O–H groups in total. The fourth-order valence-corrected chi connectivity index (χ4v) is 4.31. The first-order chi connectivity index (χ1) is 13.8. The fraction of sp³-hybridized carbons (Fsp3) is 0.409. The Morgan fingerprint density at radius 2 is 1.83 bits per heavy atom. The summed E-state index contributed by atoms with van der Waals surface area (Å²) < 4.78 is 0. The molecule has 4 rings (SSSR count). The smallest absolute Gasteiger partial charge is 0.311 e. The van der Waals surface area contributed by atoms with Gasteiger partial charge < -0.3 is 9.80 Å². The molecule has 1 saturated heterocycles. The second-order valence-electron chi connectivity index (χ2n) is 7.98. The number of imide groups is 1. The second-order valence-corrected chi connectivity index (χ2v) is 7.98. The van der Waals surface area contributed by atoms with Gasteiger partial charge in [0.15, 0.2) is 12.2 Å². The van der Waals surface area contributed by atoms with E-state index in [0.29, 0.717) is 6.54 Å². The molecule has 0 aromatic heterocycles. The molecule has 0 radical (unpaired) electrons. The maximum absolute atomic E-state index is 13.5. The summed E-state index contributed by atoms with van der Waals surface area (Å²) in [4.78, 5) is 38.3. The highest BCUT2D eigenvalue weighted by Gasteiger charge is 2.55. The minimum Gasteiger partial charge on any atom is -0.311 e. The first kappa shape index (κ1) is 19.2. The van der Waals surface area contributed by atoms with Gasteiger partial charge in [-0.15, -0.1) is 6.58 Å². The van der Waals surface area contributed by atoms with Crippen LogP contribution in [0.3, 0.4) is 0 Å².